The summed E-state index contributed by atoms with van der Waals surface area (Å²) >= 11 is 0. The zero-order valence-electron chi connectivity index (χ0n) is 11.3. The summed E-state index contributed by atoms with van der Waals surface area (Å²) < 4.78 is 34.1. The third-order valence-electron chi connectivity index (χ3n) is 3.62. The van der Waals surface area contributed by atoms with Gasteiger partial charge in [0.2, 0.25) is 5.95 Å². The lowest BCUT2D eigenvalue weighted by Crippen LogP contribution is -2.45. The van der Waals surface area contributed by atoms with E-state index in [0.29, 0.717) is 0 Å². The van der Waals surface area contributed by atoms with Crippen molar-refractivity contribution in [3.05, 3.63) is 16.7 Å². The third kappa shape index (κ3) is 1.82. The number of aliphatic hydroxyl groups is 2. The molecule has 0 amide bonds. The molecule has 2 aromatic rings. The van der Waals surface area contributed by atoms with Crippen molar-refractivity contribution in [2.24, 2.45) is 0 Å². The van der Waals surface area contributed by atoms with Crippen LogP contribution in [0.15, 0.2) is 11.1 Å². The quantitative estimate of drug-likeness (QED) is 0.556. The molecule has 2 aromatic heterocycles. The maximum Gasteiger partial charge on any atom is 0.280 e. The number of fused-ring (bicyclic) bond motifs is 1. The number of rotatable bonds is 2. The second kappa shape index (κ2) is 4.44. The van der Waals surface area contributed by atoms with Crippen LogP contribution in [-0.4, -0.2) is 54.0 Å². The standard InChI is InChI=1S/C11H13F2N5O4/c1-10(21)7(12)11(13,2-19)22-8(10)18-3-15-4-5(18)16-9(14)17-6(4)20/h3,7-8,19,21H,2H2,1H3,(H3,14,16,17,20)/t7-,8+,10+,11+/m0/s1. The van der Waals surface area contributed by atoms with E-state index in [1.54, 1.807) is 0 Å². The van der Waals surface area contributed by atoms with Gasteiger partial charge >= 0.3 is 0 Å². The Labute approximate surface area is 121 Å². The van der Waals surface area contributed by atoms with Crippen LogP contribution in [0.25, 0.3) is 11.2 Å². The van der Waals surface area contributed by atoms with Gasteiger partial charge in [-0.15, -0.1) is 0 Å². The van der Waals surface area contributed by atoms with Gasteiger partial charge in [0, 0.05) is 0 Å². The Morgan fingerprint density at radius 3 is 2.91 bits per heavy atom. The van der Waals surface area contributed by atoms with Gasteiger partial charge in [-0.25, -0.2) is 13.8 Å². The SMILES string of the molecule is C[C@]1(O)[C@H](n2cnc3c(=O)[nH]c(N)nc32)O[C@](F)(CO)[C@H]1F. The highest BCUT2D eigenvalue weighted by Crippen LogP contribution is 2.47. The number of nitrogens with one attached hydrogen (secondary N) is 1. The molecule has 0 radical (unpaired) electrons. The summed E-state index contributed by atoms with van der Waals surface area (Å²) in [6, 6.07) is 0. The Balaban J connectivity index is 2.18. The number of hydrogen-bond acceptors (Lipinski definition) is 7. The van der Waals surface area contributed by atoms with Crippen molar-refractivity contribution in [1.29, 1.82) is 0 Å². The summed E-state index contributed by atoms with van der Waals surface area (Å²) in [5.41, 5.74) is 2.20. The first-order valence-corrected chi connectivity index (χ1v) is 6.27. The first-order valence-electron chi connectivity index (χ1n) is 6.27. The molecular formula is C11H13F2N5O4. The molecule has 3 rings (SSSR count). The lowest BCUT2D eigenvalue weighted by Gasteiger charge is -2.25. The fraction of sp³-hybridized carbons (Fsp3) is 0.545. The van der Waals surface area contributed by atoms with Crippen molar-refractivity contribution in [1.82, 2.24) is 19.5 Å². The molecule has 22 heavy (non-hydrogen) atoms. The number of alkyl halides is 2. The second-order valence-corrected chi connectivity index (χ2v) is 5.28. The number of halogens is 2. The molecule has 0 saturated carbocycles. The van der Waals surface area contributed by atoms with Crippen molar-refractivity contribution >= 4 is 17.1 Å². The number of hydrogen-bond donors (Lipinski definition) is 4. The van der Waals surface area contributed by atoms with Crippen LogP contribution in [-0.2, 0) is 4.74 Å². The fourth-order valence-corrected chi connectivity index (χ4v) is 2.50. The summed E-state index contributed by atoms with van der Waals surface area (Å²) in [4.78, 5) is 21.5. The normalized spacial score (nSPS) is 35.3. The van der Waals surface area contributed by atoms with Crippen molar-refractivity contribution < 1.29 is 23.7 Å². The van der Waals surface area contributed by atoms with Crippen molar-refractivity contribution in [2.45, 2.75) is 30.8 Å². The van der Waals surface area contributed by atoms with Gasteiger partial charge in [-0.1, -0.05) is 0 Å². The smallest absolute Gasteiger partial charge is 0.280 e. The minimum Gasteiger partial charge on any atom is -0.390 e. The van der Waals surface area contributed by atoms with Crippen molar-refractivity contribution in [3.8, 4) is 0 Å². The zero-order chi connectivity index (χ0) is 16.3. The molecule has 120 valence electrons. The summed E-state index contributed by atoms with van der Waals surface area (Å²) in [5, 5.41) is 19.2. The Bertz CT molecular complexity index is 790. The van der Waals surface area contributed by atoms with E-state index in [1.807, 2.05) is 0 Å². The van der Waals surface area contributed by atoms with Crippen LogP contribution < -0.4 is 11.3 Å². The van der Waals surface area contributed by atoms with E-state index >= 15 is 0 Å². The Morgan fingerprint density at radius 2 is 2.32 bits per heavy atom. The molecule has 0 aromatic carbocycles. The summed E-state index contributed by atoms with van der Waals surface area (Å²) in [5.74, 6) is -3.32. The fourth-order valence-electron chi connectivity index (χ4n) is 2.50. The number of ether oxygens (including phenoxy) is 1. The number of aromatic amines is 1. The number of nitrogens with zero attached hydrogens (tertiary/aromatic N) is 3. The number of aromatic nitrogens is 4. The molecule has 0 spiro atoms. The predicted octanol–water partition coefficient (Wildman–Crippen LogP) is -1.02. The van der Waals surface area contributed by atoms with Gasteiger partial charge in [-0.05, 0) is 6.92 Å². The molecule has 0 aliphatic carbocycles. The van der Waals surface area contributed by atoms with Crippen molar-refractivity contribution in [3.63, 3.8) is 0 Å². The molecule has 4 atom stereocenters. The van der Waals surface area contributed by atoms with Gasteiger partial charge in [0.1, 0.15) is 12.2 Å². The maximum absolute atomic E-state index is 14.2. The number of aliphatic hydroxyl groups excluding tert-OH is 1. The monoisotopic (exact) mass is 317 g/mol. The third-order valence-corrected chi connectivity index (χ3v) is 3.62. The van der Waals surface area contributed by atoms with Gasteiger partial charge < -0.3 is 20.7 Å². The molecule has 3 heterocycles. The first kappa shape index (κ1) is 14.8. The average Bonchev–Trinajstić information content (AvgIpc) is 2.93. The molecule has 1 fully saturated rings. The first-order chi connectivity index (χ1) is 10.2. The van der Waals surface area contributed by atoms with Gasteiger partial charge in [-0.3, -0.25) is 14.3 Å². The van der Waals surface area contributed by atoms with E-state index in [2.05, 4.69) is 15.0 Å². The van der Waals surface area contributed by atoms with E-state index in [4.69, 9.17) is 15.6 Å². The minimum absolute atomic E-state index is 0.110. The Hall–Kier alpha value is -2.11. The van der Waals surface area contributed by atoms with Crippen LogP contribution in [0.4, 0.5) is 14.7 Å². The highest BCUT2D eigenvalue weighted by Gasteiger charge is 2.64. The number of anilines is 1. The molecule has 0 bridgehead atoms. The van der Waals surface area contributed by atoms with E-state index in [1.165, 1.54) is 0 Å². The molecule has 1 saturated heterocycles. The van der Waals surface area contributed by atoms with Gasteiger partial charge in [0.25, 0.3) is 11.4 Å². The van der Waals surface area contributed by atoms with Crippen LogP contribution in [0.2, 0.25) is 0 Å². The van der Waals surface area contributed by atoms with E-state index in [9.17, 15) is 18.7 Å². The molecule has 1 aliphatic rings. The van der Waals surface area contributed by atoms with Crippen LogP contribution in [0, 0.1) is 0 Å². The lowest BCUT2D eigenvalue weighted by molar-refractivity contribution is -0.196. The number of nitrogen functional groups attached to an aromatic ring is 1. The molecule has 1 aliphatic heterocycles. The Kier molecular flexibility index (Phi) is 2.99. The summed E-state index contributed by atoms with van der Waals surface area (Å²) in [7, 11) is 0. The minimum atomic E-state index is -3.09. The van der Waals surface area contributed by atoms with E-state index in [0.717, 1.165) is 17.8 Å². The molecular weight excluding hydrogens is 304 g/mol. The second-order valence-electron chi connectivity index (χ2n) is 5.28. The van der Waals surface area contributed by atoms with Crippen LogP contribution in [0.5, 0.6) is 0 Å². The van der Waals surface area contributed by atoms with Gasteiger partial charge in [0.15, 0.2) is 23.6 Å². The number of imidazole rings is 1. The van der Waals surface area contributed by atoms with Crippen LogP contribution >= 0.6 is 0 Å². The van der Waals surface area contributed by atoms with E-state index < -0.39 is 36.0 Å². The average molecular weight is 317 g/mol. The van der Waals surface area contributed by atoms with Gasteiger partial charge in [-0.2, -0.15) is 4.98 Å². The summed E-state index contributed by atoms with van der Waals surface area (Å²) in [6.07, 6.45) is -3.08. The predicted molar refractivity (Wildman–Crippen MR) is 69.1 cm³/mol. The van der Waals surface area contributed by atoms with Crippen LogP contribution in [0.3, 0.4) is 0 Å². The molecule has 9 nitrogen and oxygen atoms in total. The highest BCUT2D eigenvalue weighted by atomic mass is 19.2. The highest BCUT2D eigenvalue weighted by molar-refractivity contribution is 5.70. The molecule has 5 N–H and O–H groups in total. The lowest BCUT2D eigenvalue weighted by atomic mass is 9.97. The van der Waals surface area contributed by atoms with Crippen LogP contribution in [0.1, 0.15) is 13.2 Å². The topological polar surface area (TPSA) is 139 Å². The maximum atomic E-state index is 14.2. The van der Waals surface area contributed by atoms with E-state index in [-0.39, 0.29) is 17.1 Å². The van der Waals surface area contributed by atoms with Gasteiger partial charge in [0.05, 0.1) is 6.33 Å². The molecule has 0 unspecified atom stereocenters. The Morgan fingerprint density at radius 1 is 1.64 bits per heavy atom. The molecule has 11 heteroatoms. The number of nitrogens with two attached hydrogens (primary N) is 1. The zero-order valence-corrected chi connectivity index (χ0v) is 11.3. The largest absolute Gasteiger partial charge is 0.390 e. The van der Waals surface area contributed by atoms with Crippen molar-refractivity contribution in [2.75, 3.05) is 12.3 Å². The number of H-pyrrole nitrogens is 1. The summed E-state index contributed by atoms with van der Waals surface area (Å²) in [6.45, 7) is -0.286.